The van der Waals surface area contributed by atoms with Crippen molar-refractivity contribution in [3.05, 3.63) is 23.5 Å². The molecule has 0 aromatic carbocycles. The molecule has 3 N–H and O–H groups in total. The number of likely N-dealkylation sites (tertiary alicyclic amines) is 1. The van der Waals surface area contributed by atoms with E-state index >= 15 is 0 Å². The van der Waals surface area contributed by atoms with E-state index in [1.165, 1.54) is 0 Å². The zero-order valence-electron chi connectivity index (χ0n) is 18.9. The zero-order valence-corrected chi connectivity index (χ0v) is 18.9. The summed E-state index contributed by atoms with van der Waals surface area (Å²) in [5, 5.41) is 6.63. The first kappa shape index (κ1) is 21.9. The maximum atomic E-state index is 12.9. The van der Waals surface area contributed by atoms with Crippen molar-refractivity contribution in [2.75, 3.05) is 6.54 Å². The lowest BCUT2D eigenvalue weighted by Gasteiger charge is -2.37. The van der Waals surface area contributed by atoms with Gasteiger partial charge in [-0.25, -0.2) is 0 Å². The van der Waals surface area contributed by atoms with Crippen molar-refractivity contribution < 1.29 is 9.59 Å². The van der Waals surface area contributed by atoms with Crippen LogP contribution in [0.25, 0.3) is 0 Å². The number of aromatic amines is 1. The van der Waals surface area contributed by atoms with E-state index in [2.05, 4.69) is 57.2 Å². The van der Waals surface area contributed by atoms with Crippen LogP contribution >= 0.6 is 0 Å². The molecule has 2 aliphatic rings. The van der Waals surface area contributed by atoms with Gasteiger partial charge in [-0.15, -0.1) is 0 Å². The minimum Gasteiger partial charge on any atom is -0.357 e. The molecule has 2 amide bonds. The molecule has 3 rings (SSSR count). The second kappa shape index (κ2) is 8.13. The van der Waals surface area contributed by atoms with Gasteiger partial charge in [0, 0.05) is 30.4 Å². The van der Waals surface area contributed by atoms with Crippen LogP contribution in [0, 0.1) is 0 Å². The Bertz CT molecular complexity index is 733. The lowest BCUT2D eigenvalue weighted by molar-refractivity contribution is -0.131. The first-order valence-corrected chi connectivity index (χ1v) is 11.0. The molecular weight excluding hydrogens is 364 g/mol. The fourth-order valence-corrected chi connectivity index (χ4v) is 4.54. The number of carbonyl (C=O) groups is 2. The summed E-state index contributed by atoms with van der Waals surface area (Å²) in [6.45, 7) is 13.7. The van der Waals surface area contributed by atoms with E-state index in [0.29, 0.717) is 24.2 Å². The molecule has 0 spiro atoms. The molecule has 1 aromatic rings. The van der Waals surface area contributed by atoms with Crippen molar-refractivity contribution in [3.8, 4) is 0 Å². The Hall–Kier alpha value is -1.82. The van der Waals surface area contributed by atoms with Crippen LogP contribution in [0.15, 0.2) is 12.3 Å². The number of rotatable bonds is 4. The third-order valence-electron chi connectivity index (χ3n) is 6.11. The molecule has 2 fully saturated rings. The van der Waals surface area contributed by atoms with Gasteiger partial charge in [-0.3, -0.25) is 9.59 Å². The van der Waals surface area contributed by atoms with Crippen molar-refractivity contribution in [2.45, 2.75) is 103 Å². The quantitative estimate of drug-likeness (QED) is 0.723. The zero-order chi connectivity index (χ0) is 21.4. The van der Waals surface area contributed by atoms with Crippen LogP contribution in [0.2, 0.25) is 0 Å². The van der Waals surface area contributed by atoms with Crippen molar-refractivity contribution in [3.63, 3.8) is 0 Å². The molecule has 6 nitrogen and oxygen atoms in total. The summed E-state index contributed by atoms with van der Waals surface area (Å²) in [6, 6.07) is 2.31. The SMILES string of the molecule is CC(C)(C)N[C@H]1CC[C@H](N2CC[C@H](NC(=O)c3cc(C(C)(C)C)c[nH]3)C2=O)CC1. The second-order valence-corrected chi connectivity index (χ2v) is 10.8. The molecule has 0 unspecified atom stereocenters. The van der Waals surface area contributed by atoms with Gasteiger partial charge in [0.15, 0.2) is 0 Å². The highest BCUT2D eigenvalue weighted by Gasteiger charge is 2.38. The van der Waals surface area contributed by atoms with Gasteiger partial charge in [-0.2, -0.15) is 0 Å². The Morgan fingerprint density at radius 1 is 1.07 bits per heavy atom. The first-order valence-electron chi connectivity index (χ1n) is 11.0. The summed E-state index contributed by atoms with van der Waals surface area (Å²) in [6.07, 6.45) is 6.83. The highest BCUT2D eigenvalue weighted by Crippen LogP contribution is 2.28. The van der Waals surface area contributed by atoms with Gasteiger partial charge in [0.05, 0.1) is 0 Å². The number of nitrogens with one attached hydrogen (secondary N) is 3. The number of nitrogens with zero attached hydrogens (tertiary/aromatic N) is 1. The van der Waals surface area contributed by atoms with E-state index in [9.17, 15) is 9.59 Å². The van der Waals surface area contributed by atoms with Crippen molar-refractivity contribution >= 4 is 11.8 Å². The largest absolute Gasteiger partial charge is 0.357 e. The van der Waals surface area contributed by atoms with Crippen LogP contribution in [0.1, 0.15) is 89.7 Å². The summed E-state index contributed by atoms with van der Waals surface area (Å²) < 4.78 is 0. The summed E-state index contributed by atoms with van der Waals surface area (Å²) >= 11 is 0. The van der Waals surface area contributed by atoms with Crippen LogP contribution < -0.4 is 10.6 Å². The van der Waals surface area contributed by atoms with Crippen molar-refractivity contribution in [1.82, 2.24) is 20.5 Å². The summed E-state index contributed by atoms with van der Waals surface area (Å²) in [5.74, 6) is -0.119. The number of hydrogen-bond acceptors (Lipinski definition) is 3. The molecule has 0 radical (unpaired) electrons. The van der Waals surface area contributed by atoms with Gasteiger partial charge in [-0.1, -0.05) is 20.8 Å². The van der Waals surface area contributed by atoms with Crippen LogP contribution in [-0.2, 0) is 10.2 Å². The molecular formula is C23H38N4O2. The lowest BCUT2D eigenvalue weighted by Crippen LogP contribution is -2.49. The summed E-state index contributed by atoms with van der Waals surface area (Å²) in [5.41, 5.74) is 1.72. The van der Waals surface area contributed by atoms with Crippen molar-refractivity contribution in [2.24, 2.45) is 0 Å². The van der Waals surface area contributed by atoms with E-state index in [0.717, 1.165) is 37.8 Å². The molecule has 1 saturated heterocycles. The monoisotopic (exact) mass is 402 g/mol. The maximum Gasteiger partial charge on any atom is 0.268 e. The first-order chi connectivity index (χ1) is 13.4. The predicted octanol–water partition coefficient (Wildman–Crippen LogP) is 3.34. The Balaban J connectivity index is 1.52. The van der Waals surface area contributed by atoms with Crippen LogP contribution in [-0.4, -0.2) is 51.9 Å². The highest BCUT2D eigenvalue weighted by molar-refractivity contribution is 5.97. The Morgan fingerprint density at radius 2 is 1.72 bits per heavy atom. The molecule has 1 aliphatic carbocycles. The normalized spacial score (nSPS) is 26.1. The van der Waals surface area contributed by atoms with E-state index in [1.54, 1.807) is 0 Å². The fraction of sp³-hybridized carbons (Fsp3) is 0.739. The highest BCUT2D eigenvalue weighted by atomic mass is 16.2. The number of aromatic nitrogens is 1. The van der Waals surface area contributed by atoms with Crippen LogP contribution in [0.5, 0.6) is 0 Å². The molecule has 0 bridgehead atoms. The fourth-order valence-electron chi connectivity index (χ4n) is 4.54. The Kier molecular flexibility index (Phi) is 6.13. The molecule has 29 heavy (non-hydrogen) atoms. The second-order valence-electron chi connectivity index (χ2n) is 10.8. The lowest BCUT2D eigenvalue weighted by atomic mass is 9.89. The van der Waals surface area contributed by atoms with E-state index in [-0.39, 0.29) is 22.8 Å². The van der Waals surface area contributed by atoms with E-state index < -0.39 is 6.04 Å². The minimum atomic E-state index is -0.408. The molecule has 1 aromatic heterocycles. The average molecular weight is 403 g/mol. The molecule has 6 heteroatoms. The molecule has 1 atom stereocenters. The number of H-pyrrole nitrogens is 1. The van der Waals surface area contributed by atoms with Gasteiger partial charge < -0.3 is 20.5 Å². The standard InChI is InChI=1S/C23H38N4O2/c1-22(2,3)15-13-19(24-14-15)20(28)25-18-11-12-27(21(18)29)17-9-7-16(8-10-17)26-23(4,5)6/h13-14,16-18,24,26H,7-12H2,1-6H3,(H,25,28)/t16-,17-,18-/m0/s1. The Morgan fingerprint density at radius 3 is 2.28 bits per heavy atom. The molecule has 1 saturated carbocycles. The number of hydrogen-bond donors (Lipinski definition) is 3. The summed E-state index contributed by atoms with van der Waals surface area (Å²) in [4.78, 5) is 30.6. The minimum absolute atomic E-state index is 0.0182. The molecule has 2 heterocycles. The smallest absolute Gasteiger partial charge is 0.268 e. The maximum absolute atomic E-state index is 12.9. The third-order valence-corrected chi connectivity index (χ3v) is 6.11. The number of amides is 2. The third kappa shape index (κ3) is 5.41. The van der Waals surface area contributed by atoms with Crippen LogP contribution in [0.4, 0.5) is 0 Å². The van der Waals surface area contributed by atoms with Gasteiger partial charge in [0.1, 0.15) is 11.7 Å². The predicted molar refractivity (Wildman–Crippen MR) is 116 cm³/mol. The molecule has 1 aliphatic heterocycles. The van der Waals surface area contributed by atoms with Gasteiger partial charge in [0.2, 0.25) is 5.91 Å². The summed E-state index contributed by atoms with van der Waals surface area (Å²) in [7, 11) is 0. The molecule has 162 valence electrons. The Labute approximate surface area is 175 Å². The van der Waals surface area contributed by atoms with E-state index in [4.69, 9.17) is 0 Å². The van der Waals surface area contributed by atoms with E-state index in [1.807, 2.05) is 17.2 Å². The number of carbonyl (C=O) groups excluding carboxylic acids is 2. The topological polar surface area (TPSA) is 77.2 Å². The average Bonchev–Trinajstić information content (AvgIpc) is 3.22. The van der Waals surface area contributed by atoms with Crippen molar-refractivity contribution in [1.29, 1.82) is 0 Å². The van der Waals surface area contributed by atoms with Gasteiger partial charge >= 0.3 is 0 Å². The van der Waals surface area contributed by atoms with Crippen LogP contribution in [0.3, 0.4) is 0 Å². The van der Waals surface area contributed by atoms with Gasteiger partial charge in [-0.05, 0) is 69.9 Å². The van der Waals surface area contributed by atoms with Gasteiger partial charge in [0.25, 0.3) is 5.91 Å².